The first kappa shape index (κ1) is 10.2. The van der Waals surface area contributed by atoms with E-state index in [0.29, 0.717) is 11.8 Å². The highest BCUT2D eigenvalue weighted by atomic mass is 35.5. The van der Waals surface area contributed by atoms with Crippen LogP contribution in [0.25, 0.3) is 0 Å². The summed E-state index contributed by atoms with van der Waals surface area (Å²) in [6, 6.07) is 2.86. The van der Waals surface area contributed by atoms with Gasteiger partial charge in [-0.3, -0.25) is 9.59 Å². The Bertz CT molecular complexity index is 349. The second-order valence-electron chi connectivity index (χ2n) is 2.53. The number of hydrogen-bond acceptors (Lipinski definition) is 2. The van der Waals surface area contributed by atoms with Crippen LogP contribution in [0.15, 0.2) is 12.1 Å². The minimum absolute atomic E-state index is 0.138. The van der Waals surface area contributed by atoms with Crippen LogP contribution in [0.4, 0.5) is 0 Å². The van der Waals surface area contributed by atoms with Crippen LogP contribution in [0, 0.1) is 0 Å². The first-order valence-corrected chi connectivity index (χ1v) is 4.27. The van der Waals surface area contributed by atoms with Crippen LogP contribution < -0.4 is 0 Å². The molecule has 0 unspecified atom stereocenters. The number of carbonyl (C=O) groups excluding carboxylic acids is 2. The summed E-state index contributed by atoms with van der Waals surface area (Å²) < 4.78 is 0. The lowest BCUT2D eigenvalue weighted by atomic mass is 10.1. The van der Waals surface area contributed by atoms with Crippen molar-refractivity contribution < 1.29 is 9.59 Å². The molecule has 0 saturated carbocycles. The summed E-state index contributed by atoms with van der Waals surface area (Å²) in [5.41, 5.74) is 0.619. The molecule has 4 heteroatoms. The van der Waals surface area contributed by atoms with Crippen molar-refractivity contribution in [3.05, 3.63) is 33.3 Å². The molecule has 1 aromatic carbocycles. The fourth-order valence-corrected chi connectivity index (χ4v) is 1.48. The van der Waals surface area contributed by atoms with Crippen molar-refractivity contribution in [3.63, 3.8) is 0 Å². The zero-order chi connectivity index (χ0) is 10.0. The summed E-state index contributed by atoms with van der Waals surface area (Å²) in [5.74, 6) is -0.138. The Morgan fingerprint density at radius 3 is 2.08 bits per heavy atom. The maximum atomic E-state index is 10.9. The fourth-order valence-electron chi connectivity index (χ4n) is 0.900. The van der Waals surface area contributed by atoms with Gasteiger partial charge in [-0.15, -0.1) is 0 Å². The van der Waals surface area contributed by atoms with Crippen LogP contribution in [0.2, 0.25) is 10.0 Å². The predicted octanol–water partition coefficient (Wildman–Crippen LogP) is 3.01. The van der Waals surface area contributed by atoms with Crippen molar-refractivity contribution in [2.24, 2.45) is 0 Å². The molecule has 0 heterocycles. The molecule has 2 nitrogen and oxygen atoms in total. The van der Waals surface area contributed by atoms with Crippen molar-refractivity contribution in [1.82, 2.24) is 0 Å². The van der Waals surface area contributed by atoms with Gasteiger partial charge in [0, 0.05) is 5.56 Å². The number of rotatable bonds is 2. The molecule has 0 amide bonds. The molecule has 0 N–H and O–H groups in total. The number of Topliss-reactive ketones (excluding diaryl/α,β-unsaturated/α-hetero) is 1. The van der Waals surface area contributed by atoms with Gasteiger partial charge in [0.25, 0.3) is 0 Å². The van der Waals surface area contributed by atoms with E-state index in [0.717, 1.165) is 0 Å². The van der Waals surface area contributed by atoms with Crippen molar-refractivity contribution in [3.8, 4) is 0 Å². The molecule has 0 bridgehead atoms. The van der Waals surface area contributed by atoms with Crippen molar-refractivity contribution in [2.45, 2.75) is 6.92 Å². The molecule has 13 heavy (non-hydrogen) atoms. The Hall–Kier alpha value is -0.860. The predicted molar refractivity (Wildman–Crippen MR) is 51.9 cm³/mol. The number of carbonyl (C=O) groups is 2. The highest BCUT2D eigenvalue weighted by Gasteiger charge is 2.09. The molecule has 0 aliphatic carbocycles. The Morgan fingerprint density at radius 2 is 1.77 bits per heavy atom. The first-order valence-electron chi connectivity index (χ1n) is 3.51. The van der Waals surface area contributed by atoms with Gasteiger partial charge in [-0.25, -0.2) is 0 Å². The molecule has 0 spiro atoms. The summed E-state index contributed by atoms with van der Waals surface area (Å²) in [4.78, 5) is 21.4. The lowest BCUT2D eigenvalue weighted by molar-refractivity contribution is 0.101. The molecular formula is C9H6Cl2O2. The van der Waals surface area contributed by atoms with Gasteiger partial charge in [-0.1, -0.05) is 23.2 Å². The van der Waals surface area contributed by atoms with Crippen molar-refractivity contribution in [1.29, 1.82) is 0 Å². The maximum Gasteiger partial charge on any atom is 0.159 e. The average Bonchev–Trinajstić information content (AvgIpc) is 2.03. The minimum atomic E-state index is -0.138. The first-order chi connectivity index (χ1) is 6.06. The van der Waals surface area contributed by atoms with Gasteiger partial charge in [0.2, 0.25) is 0 Å². The third-order valence-electron chi connectivity index (χ3n) is 1.60. The van der Waals surface area contributed by atoms with Crippen LogP contribution in [0.5, 0.6) is 0 Å². The molecule has 0 aromatic heterocycles. The van der Waals surface area contributed by atoms with Crippen LogP contribution in [0.1, 0.15) is 27.6 Å². The molecular weight excluding hydrogens is 211 g/mol. The van der Waals surface area contributed by atoms with Gasteiger partial charge in [-0.2, -0.15) is 0 Å². The third kappa shape index (κ3) is 2.08. The van der Waals surface area contributed by atoms with E-state index in [4.69, 9.17) is 23.2 Å². The van der Waals surface area contributed by atoms with Crippen molar-refractivity contribution in [2.75, 3.05) is 0 Å². The molecule has 0 saturated heterocycles. The van der Waals surface area contributed by atoms with Gasteiger partial charge in [-0.05, 0) is 19.1 Å². The smallest absolute Gasteiger partial charge is 0.159 e. The van der Waals surface area contributed by atoms with E-state index in [1.165, 1.54) is 19.1 Å². The fraction of sp³-hybridized carbons (Fsp3) is 0.111. The maximum absolute atomic E-state index is 10.9. The molecule has 0 aliphatic rings. The lowest BCUT2D eigenvalue weighted by Gasteiger charge is -2.02. The Balaban J connectivity index is 3.36. The largest absolute Gasteiger partial charge is 0.298 e. The highest BCUT2D eigenvalue weighted by Crippen LogP contribution is 2.25. The molecule has 68 valence electrons. The normalized spacial score (nSPS) is 9.77. The number of benzene rings is 1. The summed E-state index contributed by atoms with van der Waals surface area (Å²) in [6.45, 7) is 1.41. The van der Waals surface area contributed by atoms with Crippen LogP contribution >= 0.6 is 23.2 Å². The lowest BCUT2D eigenvalue weighted by Crippen LogP contribution is -1.94. The van der Waals surface area contributed by atoms with E-state index in [-0.39, 0.29) is 21.4 Å². The van der Waals surface area contributed by atoms with Crippen molar-refractivity contribution >= 4 is 35.3 Å². The quantitative estimate of drug-likeness (QED) is 0.563. The van der Waals surface area contributed by atoms with Crippen LogP contribution in [-0.2, 0) is 0 Å². The minimum Gasteiger partial charge on any atom is -0.298 e. The molecule has 0 radical (unpaired) electrons. The number of hydrogen-bond donors (Lipinski definition) is 0. The van der Waals surface area contributed by atoms with Gasteiger partial charge in [0.1, 0.15) is 0 Å². The SMILES string of the molecule is CC(=O)c1cc(Cl)c(C=O)c(Cl)c1. The number of aldehydes is 1. The standard InChI is InChI=1S/C9H6Cl2O2/c1-5(13)6-2-8(10)7(4-12)9(11)3-6/h2-4H,1H3. The third-order valence-corrected chi connectivity index (χ3v) is 2.23. The summed E-state index contributed by atoms with van der Waals surface area (Å²) in [6.07, 6.45) is 0.564. The van der Waals surface area contributed by atoms with Gasteiger partial charge in [0.15, 0.2) is 12.1 Å². The number of halogens is 2. The summed E-state index contributed by atoms with van der Waals surface area (Å²) in [5, 5.41) is 0.403. The Kier molecular flexibility index (Phi) is 3.07. The van der Waals surface area contributed by atoms with E-state index in [2.05, 4.69) is 0 Å². The second kappa shape index (κ2) is 3.90. The summed E-state index contributed by atoms with van der Waals surface area (Å²) >= 11 is 11.4. The Labute approximate surface area is 85.5 Å². The highest BCUT2D eigenvalue weighted by molar-refractivity contribution is 6.39. The van der Waals surface area contributed by atoms with Gasteiger partial charge < -0.3 is 0 Å². The molecule has 0 fully saturated rings. The topological polar surface area (TPSA) is 34.1 Å². The van der Waals surface area contributed by atoms with Gasteiger partial charge in [0.05, 0.1) is 15.6 Å². The van der Waals surface area contributed by atoms with E-state index in [1.54, 1.807) is 0 Å². The summed E-state index contributed by atoms with van der Waals surface area (Å²) in [7, 11) is 0. The molecule has 1 rings (SSSR count). The van der Waals surface area contributed by atoms with Gasteiger partial charge >= 0.3 is 0 Å². The monoisotopic (exact) mass is 216 g/mol. The zero-order valence-electron chi connectivity index (χ0n) is 6.80. The van der Waals surface area contributed by atoms with E-state index in [9.17, 15) is 9.59 Å². The second-order valence-corrected chi connectivity index (χ2v) is 3.34. The van der Waals surface area contributed by atoms with Crippen LogP contribution in [-0.4, -0.2) is 12.1 Å². The number of ketones is 1. The molecule has 1 aromatic rings. The van der Waals surface area contributed by atoms with E-state index < -0.39 is 0 Å². The molecule has 0 aliphatic heterocycles. The Morgan fingerprint density at radius 1 is 1.31 bits per heavy atom. The average molecular weight is 217 g/mol. The van der Waals surface area contributed by atoms with Crippen LogP contribution in [0.3, 0.4) is 0 Å². The van der Waals surface area contributed by atoms with E-state index in [1.807, 2.05) is 0 Å². The zero-order valence-corrected chi connectivity index (χ0v) is 8.32. The molecule has 0 atom stereocenters. The van der Waals surface area contributed by atoms with E-state index >= 15 is 0 Å².